The van der Waals surface area contributed by atoms with Gasteiger partial charge in [-0.1, -0.05) is 32.6 Å². The fourth-order valence-electron chi connectivity index (χ4n) is 2.94. The van der Waals surface area contributed by atoms with Gasteiger partial charge in [-0.25, -0.2) is 5.48 Å². The maximum atomic E-state index is 12.6. The minimum atomic E-state index is -4.48. The van der Waals surface area contributed by atoms with Crippen molar-refractivity contribution < 1.29 is 38.2 Å². The van der Waals surface area contributed by atoms with E-state index >= 15 is 0 Å². The first kappa shape index (κ1) is 26.6. The number of hydrogen-bond donors (Lipinski definition) is 5. The number of halogens is 3. The minimum Gasteiger partial charge on any atom is -0.383 e. The number of nitrogens with one attached hydrogen (secondary N) is 2. The number of rotatable bonds is 7. The van der Waals surface area contributed by atoms with E-state index in [9.17, 15) is 33.0 Å². The van der Waals surface area contributed by atoms with Crippen LogP contribution in [0.5, 0.6) is 0 Å². The summed E-state index contributed by atoms with van der Waals surface area (Å²) in [4.78, 5) is 23.6. The molecule has 2 unspecified atom stereocenters. The van der Waals surface area contributed by atoms with Crippen molar-refractivity contribution in [3.63, 3.8) is 0 Å². The van der Waals surface area contributed by atoms with Crippen molar-refractivity contribution in [2.45, 2.75) is 58.7 Å². The molecule has 0 bridgehead atoms. The number of ketones is 1. The van der Waals surface area contributed by atoms with E-state index in [1.165, 1.54) is 24.5 Å². The summed E-state index contributed by atoms with van der Waals surface area (Å²) in [5, 5.41) is 32.2. The fourth-order valence-corrected chi connectivity index (χ4v) is 2.94. The highest BCUT2D eigenvalue weighted by Gasteiger charge is 2.36. The van der Waals surface area contributed by atoms with Gasteiger partial charge in [0, 0.05) is 17.9 Å². The predicted molar refractivity (Wildman–Crippen MR) is 105 cm³/mol. The molecule has 4 atom stereocenters. The lowest BCUT2D eigenvalue weighted by Gasteiger charge is -2.34. The third-order valence-electron chi connectivity index (χ3n) is 4.58. The molecule has 0 radical (unpaired) electrons. The first-order chi connectivity index (χ1) is 14.2. The number of carbonyl (C=O) groups is 2. The second-order valence-electron chi connectivity index (χ2n) is 8.19. The van der Waals surface area contributed by atoms with Crippen LogP contribution >= 0.6 is 0 Å². The molecule has 1 amide bonds. The van der Waals surface area contributed by atoms with Gasteiger partial charge in [0.1, 0.15) is 18.1 Å². The summed E-state index contributed by atoms with van der Waals surface area (Å²) in [7, 11) is 0. The number of hydrogen-bond acceptors (Lipinski definition) is 6. The maximum absolute atomic E-state index is 12.6. The van der Waals surface area contributed by atoms with E-state index in [4.69, 9.17) is 5.21 Å². The summed E-state index contributed by atoms with van der Waals surface area (Å²) in [5.74, 6) is 2.49. The minimum absolute atomic E-state index is 0.256. The highest BCUT2D eigenvalue weighted by atomic mass is 19.4. The van der Waals surface area contributed by atoms with Crippen molar-refractivity contribution in [2.24, 2.45) is 11.3 Å². The van der Waals surface area contributed by atoms with Gasteiger partial charge in [0.05, 0.1) is 11.6 Å². The van der Waals surface area contributed by atoms with Crippen LogP contribution in [0.15, 0.2) is 24.3 Å². The van der Waals surface area contributed by atoms with E-state index in [2.05, 4.69) is 17.2 Å². The van der Waals surface area contributed by atoms with Crippen molar-refractivity contribution >= 4 is 11.7 Å². The molecule has 0 saturated heterocycles. The average molecular weight is 444 g/mol. The molecular formula is C21H27F3N2O5. The van der Waals surface area contributed by atoms with Gasteiger partial charge in [0.25, 0.3) is 5.91 Å². The average Bonchev–Trinajstić information content (AvgIpc) is 2.66. The van der Waals surface area contributed by atoms with Gasteiger partial charge in [-0.15, -0.1) is 0 Å². The van der Waals surface area contributed by atoms with E-state index in [-0.39, 0.29) is 17.8 Å². The van der Waals surface area contributed by atoms with Gasteiger partial charge in [-0.3, -0.25) is 20.1 Å². The molecule has 0 fully saturated rings. The smallest absolute Gasteiger partial charge is 0.383 e. The van der Waals surface area contributed by atoms with E-state index in [0.717, 1.165) is 12.1 Å². The third kappa shape index (κ3) is 7.95. The van der Waals surface area contributed by atoms with Crippen LogP contribution in [0, 0.1) is 23.2 Å². The Hall–Kier alpha value is -2.45. The van der Waals surface area contributed by atoms with Crippen LogP contribution in [-0.2, 0) is 15.8 Å². The fraction of sp³-hybridized carbons (Fsp3) is 0.524. The number of carbonyl (C=O) groups excluding carboxylic acids is 2. The van der Waals surface area contributed by atoms with E-state index in [1.807, 2.05) is 0 Å². The molecular weight excluding hydrogens is 417 g/mol. The monoisotopic (exact) mass is 444 g/mol. The first-order valence-electron chi connectivity index (χ1n) is 9.41. The molecule has 0 aliphatic rings. The van der Waals surface area contributed by atoms with Crippen LogP contribution < -0.4 is 10.8 Å². The normalized spacial score (nSPS) is 15.8. The SMILES string of the molecule is CC(=O)[C@@H](NC(O)C(CC#Cc1ccc(C(F)(F)F)cc1)[C@H](O)C(=O)NO)C(C)(C)C. The molecule has 1 rings (SSSR count). The lowest BCUT2D eigenvalue weighted by molar-refractivity contribution is -0.144. The number of hydroxylamine groups is 1. The third-order valence-corrected chi connectivity index (χ3v) is 4.58. The van der Waals surface area contributed by atoms with Gasteiger partial charge in [0.15, 0.2) is 0 Å². The predicted octanol–water partition coefficient (Wildman–Crippen LogP) is 1.84. The van der Waals surface area contributed by atoms with Gasteiger partial charge in [-0.05, 0) is 36.6 Å². The summed E-state index contributed by atoms with van der Waals surface area (Å²) in [6, 6.07) is 3.26. The maximum Gasteiger partial charge on any atom is 0.416 e. The summed E-state index contributed by atoms with van der Waals surface area (Å²) in [5.41, 5.74) is 0.121. The quantitative estimate of drug-likeness (QED) is 0.190. The topological polar surface area (TPSA) is 119 Å². The second-order valence-corrected chi connectivity index (χ2v) is 8.19. The van der Waals surface area contributed by atoms with Crippen LogP contribution in [0.3, 0.4) is 0 Å². The van der Waals surface area contributed by atoms with Gasteiger partial charge in [-0.2, -0.15) is 13.2 Å². The van der Waals surface area contributed by atoms with Crippen LogP contribution in [0.4, 0.5) is 13.2 Å². The molecule has 172 valence electrons. The Balaban J connectivity index is 3.06. The molecule has 0 aromatic heterocycles. The van der Waals surface area contributed by atoms with Crippen LogP contribution in [0.1, 0.15) is 45.2 Å². The van der Waals surface area contributed by atoms with Gasteiger partial charge < -0.3 is 10.2 Å². The number of alkyl halides is 3. The zero-order valence-electron chi connectivity index (χ0n) is 17.6. The Kier molecular flexibility index (Phi) is 9.20. The molecule has 1 aromatic carbocycles. The van der Waals surface area contributed by atoms with Crippen molar-refractivity contribution in [2.75, 3.05) is 0 Å². The van der Waals surface area contributed by atoms with Gasteiger partial charge >= 0.3 is 6.18 Å². The largest absolute Gasteiger partial charge is 0.416 e. The number of aliphatic hydroxyl groups is 2. The van der Waals surface area contributed by atoms with E-state index < -0.39 is 47.4 Å². The molecule has 0 aliphatic carbocycles. The summed E-state index contributed by atoms with van der Waals surface area (Å²) in [6.45, 7) is 6.60. The van der Waals surface area contributed by atoms with Gasteiger partial charge in [0.2, 0.25) is 0 Å². The van der Waals surface area contributed by atoms with Crippen molar-refractivity contribution in [1.82, 2.24) is 10.8 Å². The molecule has 5 N–H and O–H groups in total. The van der Waals surface area contributed by atoms with Crippen molar-refractivity contribution in [1.29, 1.82) is 0 Å². The van der Waals surface area contributed by atoms with E-state index in [0.29, 0.717) is 0 Å². The molecule has 31 heavy (non-hydrogen) atoms. The van der Waals surface area contributed by atoms with Crippen molar-refractivity contribution in [3.8, 4) is 11.8 Å². The van der Waals surface area contributed by atoms with Crippen molar-refractivity contribution in [3.05, 3.63) is 35.4 Å². The van der Waals surface area contributed by atoms with Crippen LogP contribution in [0.25, 0.3) is 0 Å². The molecule has 7 nitrogen and oxygen atoms in total. The lowest BCUT2D eigenvalue weighted by Crippen LogP contribution is -2.55. The molecule has 10 heteroatoms. The number of aliphatic hydroxyl groups excluding tert-OH is 2. The zero-order valence-corrected chi connectivity index (χ0v) is 17.6. The Bertz CT molecular complexity index is 823. The standard InChI is InChI=1S/C21H27F3N2O5/c1-12(27)17(20(2,3)4)25-18(29)15(16(28)19(30)26-31)7-5-6-13-8-10-14(11-9-13)21(22,23)24/h8-11,15-18,25,28-29,31H,7H2,1-4H3,(H,26,30)/t15?,16-,17+,18?/m0/s1. The lowest BCUT2D eigenvalue weighted by atomic mass is 9.83. The highest BCUT2D eigenvalue weighted by Crippen LogP contribution is 2.29. The zero-order chi connectivity index (χ0) is 24.0. The summed E-state index contributed by atoms with van der Waals surface area (Å²) in [6.07, 6.45) is -8.17. The Morgan fingerprint density at radius 1 is 1.10 bits per heavy atom. The highest BCUT2D eigenvalue weighted by molar-refractivity contribution is 5.82. The Morgan fingerprint density at radius 2 is 1.65 bits per heavy atom. The number of amides is 1. The molecule has 0 spiro atoms. The van der Waals surface area contributed by atoms with Crippen LogP contribution in [-0.4, -0.2) is 45.5 Å². The molecule has 0 aliphatic heterocycles. The molecule has 0 heterocycles. The Morgan fingerprint density at radius 3 is 2.06 bits per heavy atom. The van der Waals surface area contributed by atoms with E-state index in [1.54, 1.807) is 20.8 Å². The molecule has 0 saturated carbocycles. The number of benzene rings is 1. The Labute approximate surface area is 178 Å². The second kappa shape index (κ2) is 10.7. The summed E-state index contributed by atoms with van der Waals surface area (Å²) < 4.78 is 37.9. The summed E-state index contributed by atoms with van der Waals surface area (Å²) >= 11 is 0. The number of Topliss-reactive ketones (excluding diaryl/α,β-unsaturated/α-hetero) is 1. The van der Waals surface area contributed by atoms with Crippen LogP contribution in [0.2, 0.25) is 0 Å². The first-order valence-corrected chi connectivity index (χ1v) is 9.41. The molecule has 1 aromatic rings.